The Morgan fingerprint density at radius 2 is 2.21 bits per heavy atom. The second-order valence-electron chi connectivity index (χ2n) is 6.89. The van der Waals surface area contributed by atoms with Crippen molar-refractivity contribution in [1.82, 2.24) is 9.97 Å². The lowest BCUT2D eigenvalue weighted by atomic mass is 10.1. The fraction of sp³-hybridized carbons (Fsp3) is 0.368. The number of carbonyl (C=O) groups excluding carboxylic acids is 1. The molecule has 0 unspecified atom stereocenters. The first kappa shape index (κ1) is 18.0. The highest BCUT2D eigenvalue weighted by Gasteiger charge is 2.35. The maximum atomic E-state index is 12.4. The minimum absolute atomic E-state index is 0.0610. The molecule has 1 atom stereocenters. The van der Waals surface area contributed by atoms with Gasteiger partial charge in [-0.3, -0.25) is 4.79 Å². The Morgan fingerprint density at radius 1 is 1.39 bits per heavy atom. The first-order chi connectivity index (χ1) is 13.5. The van der Waals surface area contributed by atoms with Crippen molar-refractivity contribution >= 4 is 35.0 Å². The number of ether oxygens (including phenoxy) is 1. The van der Waals surface area contributed by atoms with Gasteiger partial charge in [-0.1, -0.05) is 0 Å². The number of carbonyl (C=O) groups is 2. The monoisotopic (exact) mass is 383 g/mol. The lowest BCUT2D eigenvalue weighted by molar-refractivity contribution is -0.118. The van der Waals surface area contributed by atoms with Gasteiger partial charge in [-0.05, 0) is 31.0 Å². The number of carboxylic acid groups (broad SMARTS) is 1. The van der Waals surface area contributed by atoms with Crippen LogP contribution < -0.4 is 19.9 Å². The molecule has 0 bridgehead atoms. The number of nitrogens with one attached hydrogen (secondary N) is 1. The summed E-state index contributed by atoms with van der Waals surface area (Å²) in [6, 6.07) is 4.70. The van der Waals surface area contributed by atoms with Gasteiger partial charge in [-0.25, -0.2) is 9.78 Å². The molecule has 2 N–H and O–H groups in total. The molecule has 2 aromatic rings. The van der Waals surface area contributed by atoms with Gasteiger partial charge in [0.05, 0.1) is 24.6 Å². The summed E-state index contributed by atoms with van der Waals surface area (Å²) in [4.78, 5) is 36.4. The van der Waals surface area contributed by atoms with Gasteiger partial charge in [0.15, 0.2) is 5.82 Å². The minimum atomic E-state index is -1.03. The Balaban J connectivity index is 1.70. The zero-order chi connectivity index (χ0) is 19.8. The van der Waals surface area contributed by atoms with E-state index in [0.29, 0.717) is 29.5 Å². The van der Waals surface area contributed by atoms with Crippen LogP contribution in [0.2, 0.25) is 0 Å². The summed E-state index contributed by atoms with van der Waals surface area (Å²) >= 11 is 0. The number of hydrogen-bond acceptors (Lipinski definition) is 7. The number of methoxy groups -OCH3 is 1. The van der Waals surface area contributed by atoms with E-state index in [4.69, 9.17) is 9.84 Å². The summed E-state index contributed by atoms with van der Waals surface area (Å²) in [5.41, 5.74) is 1.38. The second kappa shape index (κ2) is 6.99. The van der Waals surface area contributed by atoms with Gasteiger partial charge in [0, 0.05) is 26.1 Å². The van der Waals surface area contributed by atoms with Gasteiger partial charge in [0.1, 0.15) is 11.4 Å². The van der Waals surface area contributed by atoms with Gasteiger partial charge < -0.3 is 25.0 Å². The molecule has 1 aromatic carbocycles. The number of aromatic nitrogens is 2. The van der Waals surface area contributed by atoms with Crippen molar-refractivity contribution in [1.29, 1.82) is 0 Å². The van der Waals surface area contributed by atoms with Crippen molar-refractivity contribution in [3.8, 4) is 5.75 Å². The molecule has 2 aliphatic heterocycles. The summed E-state index contributed by atoms with van der Waals surface area (Å²) in [5.74, 6) is 0.498. The minimum Gasteiger partial charge on any atom is -0.495 e. The molecule has 0 radical (unpaired) electrons. The Bertz CT molecular complexity index is 948. The lowest BCUT2D eigenvalue weighted by Gasteiger charge is -2.24. The van der Waals surface area contributed by atoms with E-state index in [2.05, 4.69) is 20.2 Å². The highest BCUT2D eigenvalue weighted by atomic mass is 16.5. The third-order valence-electron chi connectivity index (χ3n) is 5.24. The molecule has 28 heavy (non-hydrogen) atoms. The molecule has 9 nitrogen and oxygen atoms in total. The maximum Gasteiger partial charge on any atom is 0.335 e. The van der Waals surface area contributed by atoms with Gasteiger partial charge in [-0.15, -0.1) is 0 Å². The van der Waals surface area contributed by atoms with Crippen LogP contribution in [-0.2, 0) is 4.79 Å². The average molecular weight is 383 g/mol. The van der Waals surface area contributed by atoms with Crippen LogP contribution in [0, 0.1) is 0 Å². The first-order valence-corrected chi connectivity index (χ1v) is 9.06. The molecule has 4 rings (SSSR count). The Labute approximate surface area is 162 Å². The SMILES string of the molecule is COc1cc(C(=O)O)ccc1Nc1ncc2c(n1)N1CCC[C@@H]1CC(=O)N2C. The van der Waals surface area contributed by atoms with E-state index in [1.807, 2.05) is 0 Å². The third-order valence-corrected chi connectivity index (χ3v) is 5.24. The molecule has 3 heterocycles. The van der Waals surface area contributed by atoms with Crippen LogP contribution in [0.4, 0.5) is 23.1 Å². The van der Waals surface area contributed by atoms with Gasteiger partial charge in [0.25, 0.3) is 0 Å². The van der Waals surface area contributed by atoms with E-state index in [0.717, 1.165) is 25.2 Å². The van der Waals surface area contributed by atoms with Crippen LogP contribution in [0.1, 0.15) is 29.6 Å². The molecule has 9 heteroatoms. The highest BCUT2D eigenvalue weighted by molar-refractivity contribution is 5.98. The topological polar surface area (TPSA) is 108 Å². The van der Waals surface area contributed by atoms with E-state index in [1.165, 1.54) is 19.2 Å². The smallest absolute Gasteiger partial charge is 0.335 e. The fourth-order valence-corrected chi connectivity index (χ4v) is 3.72. The van der Waals surface area contributed by atoms with E-state index in [1.54, 1.807) is 24.2 Å². The zero-order valence-electron chi connectivity index (χ0n) is 15.7. The van der Waals surface area contributed by atoms with Gasteiger partial charge in [-0.2, -0.15) is 4.98 Å². The average Bonchev–Trinajstić information content (AvgIpc) is 3.12. The van der Waals surface area contributed by atoms with Crippen LogP contribution >= 0.6 is 0 Å². The molecule has 1 saturated heterocycles. The second-order valence-corrected chi connectivity index (χ2v) is 6.89. The van der Waals surface area contributed by atoms with Crippen molar-refractivity contribution in [2.24, 2.45) is 0 Å². The number of fused-ring (bicyclic) bond motifs is 3. The summed E-state index contributed by atoms with van der Waals surface area (Å²) in [6.07, 6.45) is 4.11. The summed E-state index contributed by atoms with van der Waals surface area (Å²) in [7, 11) is 3.22. The third kappa shape index (κ3) is 3.08. The van der Waals surface area contributed by atoms with Gasteiger partial charge >= 0.3 is 5.97 Å². The standard InChI is InChI=1S/C19H21N5O4/c1-23-14-10-20-19(21-13-6-5-11(18(26)27)8-15(13)28-2)22-17(14)24-7-3-4-12(24)9-16(23)25/h5-6,8,10,12H,3-4,7,9H2,1-2H3,(H,26,27)(H,20,21,22)/t12-/m1/s1. The quantitative estimate of drug-likeness (QED) is 0.828. The Hall–Kier alpha value is -3.36. The van der Waals surface area contributed by atoms with E-state index < -0.39 is 5.97 Å². The lowest BCUT2D eigenvalue weighted by Crippen LogP contribution is -2.31. The van der Waals surface area contributed by atoms with Crippen LogP contribution in [-0.4, -0.2) is 53.7 Å². The number of rotatable bonds is 4. The number of amides is 1. The number of aromatic carboxylic acids is 1. The largest absolute Gasteiger partial charge is 0.495 e. The van der Waals surface area contributed by atoms with Crippen molar-refractivity contribution in [3.05, 3.63) is 30.0 Å². The molecular weight excluding hydrogens is 362 g/mol. The predicted octanol–water partition coefficient (Wildman–Crippen LogP) is 2.26. The van der Waals surface area contributed by atoms with E-state index in [9.17, 15) is 9.59 Å². The Kier molecular flexibility index (Phi) is 4.50. The molecule has 0 spiro atoms. The van der Waals surface area contributed by atoms with Crippen LogP contribution in [0.5, 0.6) is 5.75 Å². The molecular formula is C19H21N5O4. The van der Waals surface area contributed by atoms with Gasteiger partial charge in [0.2, 0.25) is 11.9 Å². The normalized spacial score (nSPS) is 18.4. The van der Waals surface area contributed by atoms with Crippen LogP contribution in [0.15, 0.2) is 24.4 Å². The van der Waals surface area contributed by atoms with Crippen molar-refractivity contribution in [2.45, 2.75) is 25.3 Å². The summed E-state index contributed by atoms with van der Waals surface area (Å²) in [5, 5.41) is 12.2. The number of nitrogens with zero attached hydrogens (tertiary/aromatic N) is 4. The summed E-state index contributed by atoms with van der Waals surface area (Å²) in [6.45, 7) is 0.853. The Morgan fingerprint density at radius 3 is 2.96 bits per heavy atom. The van der Waals surface area contributed by atoms with Crippen LogP contribution in [0.25, 0.3) is 0 Å². The molecule has 1 aromatic heterocycles. The fourth-order valence-electron chi connectivity index (χ4n) is 3.72. The van der Waals surface area contributed by atoms with Crippen LogP contribution in [0.3, 0.4) is 0 Å². The van der Waals surface area contributed by atoms with Crippen molar-refractivity contribution < 1.29 is 19.4 Å². The van der Waals surface area contributed by atoms with E-state index in [-0.39, 0.29) is 17.5 Å². The number of benzene rings is 1. The number of hydrogen-bond donors (Lipinski definition) is 2. The molecule has 2 aliphatic rings. The molecule has 1 amide bonds. The number of anilines is 4. The molecule has 1 fully saturated rings. The molecule has 0 saturated carbocycles. The first-order valence-electron chi connectivity index (χ1n) is 9.06. The van der Waals surface area contributed by atoms with Crippen molar-refractivity contribution in [2.75, 3.05) is 35.8 Å². The highest BCUT2D eigenvalue weighted by Crippen LogP contribution is 2.37. The van der Waals surface area contributed by atoms with E-state index >= 15 is 0 Å². The molecule has 0 aliphatic carbocycles. The number of carboxylic acids is 1. The molecule has 146 valence electrons. The zero-order valence-corrected chi connectivity index (χ0v) is 15.7. The predicted molar refractivity (Wildman–Crippen MR) is 104 cm³/mol. The van der Waals surface area contributed by atoms with Crippen molar-refractivity contribution in [3.63, 3.8) is 0 Å². The summed E-state index contributed by atoms with van der Waals surface area (Å²) < 4.78 is 5.30. The maximum absolute atomic E-state index is 12.4.